The van der Waals surface area contributed by atoms with Gasteiger partial charge in [0.15, 0.2) is 0 Å². The van der Waals surface area contributed by atoms with Crippen molar-refractivity contribution in [1.82, 2.24) is 4.57 Å². The highest BCUT2D eigenvalue weighted by molar-refractivity contribution is 7.27. The van der Waals surface area contributed by atoms with Crippen LogP contribution >= 0.6 is 11.3 Å². The largest absolute Gasteiger partial charge is 0.456 e. The number of benzene rings is 7. The Bertz CT molecular complexity index is 3010. The van der Waals surface area contributed by atoms with Gasteiger partial charge in [-0.1, -0.05) is 91.0 Å². The predicted molar refractivity (Wildman–Crippen MR) is 194 cm³/mol. The number of nitrogens with zero attached hydrogens (tertiary/aromatic N) is 1. The van der Waals surface area contributed by atoms with Crippen molar-refractivity contribution >= 4 is 97.2 Å². The summed E-state index contributed by atoms with van der Waals surface area (Å²) in [6.07, 6.45) is 0. The van der Waals surface area contributed by atoms with Crippen LogP contribution in [0.5, 0.6) is 0 Å². The number of hydrogen-bond acceptors (Lipinski definition) is 3. The molecule has 3 nitrogen and oxygen atoms in total. The minimum atomic E-state index is 0.902. The molecule has 214 valence electrons. The molecule has 0 bridgehead atoms. The average Bonchev–Trinajstić information content (AvgIpc) is 3.86. The fraction of sp³-hybridized carbons (Fsp3) is 0. The lowest BCUT2D eigenvalue weighted by atomic mass is 10.0. The molecule has 0 saturated carbocycles. The van der Waals surface area contributed by atoms with E-state index in [1.54, 1.807) is 0 Å². The number of fused-ring (bicyclic) bond motifs is 15. The van der Waals surface area contributed by atoms with Gasteiger partial charge in [0.25, 0.3) is 0 Å². The molecule has 11 aromatic rings. The highest BCUT2D eigenvalue weighted by atomic mass is 32.1. The van der Waals surface area contributed by atoms with E-state index >= 15 is 0 Å². The molecule has 0 atom stereocenters. The Morgan fingerprint density at radius 3 is 2.04 bits per heavy atom. The van der Waals surface area contributed by atoms with Crippen LogP contribution in [0.15, 0.2) is 148 Å². The Morgan fingerprint density at radius 1 is 0.457 bits per heavy atom. The van der Waals surface area contributed by atoms with Crippen LogP contribution in [0.25, 0.3) is 103 Å². The Balaban J connectivity index is 1.27. The second kappa shape index (κ2) is 8.87. The van der Waals surface area contributed by atoms with Crippen molar-refractivity contribution in [2.45, 2.75) is 0 Å². The third-order valence-corrected chi connectivity index (χ3v) is 10.8. The van der Waals surface area contributed by atoms with E-state index in [4.69, 9.17) is 8.83 Å². The SMILES string of the molecule is c1cc(-c2ccc3c(c2)oc2ccccc23)cc(-n2c3ccccc3c3c4sc5ccccc5c4c4oc5ccccc5c4c32)c1. The molecule has 46 heavy (non-hydrogen) atoms. The second-order valence-electron chi connectivity index (χ2n) is 12.0. The van der Waals surface area contributed by atoms with E-state index in [1.165, 1.54) is 42.0 Å². The summed E-state index contributed by atoms with van der Waals surface area (Å²) in [6.45, 7) is 0. The van der Waals surface area contributed by atoms with Gasteiger partial charge < -0.3 is 13.4 Å². The van der Waals surface area contributed by atoms with Crippen molar-refractivity contribution in [1.29, 1.82) is 0 Å². The summed E-state index contributed by atoms with van der Waals surface area (Å²) in [5, 5.41) is 9.55. The highest BCUT2D eigenvalue weighted by Gasteiger charge is 2.25. The molecule has 0 N–H and O–H groups in total. The van der Waals surface area contributed by atoms with E-state index in [2.05, 4.69) is 132 Å². The van der Waals surface area contributed by atoms with Crippen molar-refractivity contribution in [2.75, 3.05) is 0 Å². The van der Waals surface area contributed by atoms with Gasteiger partial charge in [0.05, 0.1) is 16.4 Å². The monoisotopic (exact) mass is 605 g/mol. The van der Waals surface area contributed by atoms with E-state index in [1.807, 2.05) is 23.5 Å². The number of thiophene rings is 1. The molecule has 7 aromatic carbocycles. The van der Waals surface area contributed by atoms with Crippen LogP contribution in [0.4, 0.5) is 0 Å². The molecule has 4 heteroatoms. The molecule has 0 fully saturated rings. The zero-order chi connectivity index (χ0) is 29.9. The first-order chi connectivity index (χ1) is 22.8. The van der Waals surface area contributed by atoms with E-state index in [-0.39, 0.29) is 0 Å². The maximum atomic E-state index is 6.77. The van der Waals surface area contributed by atoms with Crippen LogP contribution in [-0.4, -0.2) is 4.57 Å². The predicted octanol–water partition coefficient (Wildman–Crippen LogP) is 12.6. The van der Waals surface area contributed by atoms with E-state index in [9.17, 15) is 0 Å². The van der Waals surface area contributed by atoms with Gasteiger partial charge in [0.2, 0.25) is 0 Å². The fourth-order valence-corrected chi connectivity index (χ4v) is 8.87. The summed E-state index contributed by atoms with van der Waals surface area (Å²) in [5.74, 6) is 0. The van der Waals surface area contributed by atoms with E-state index in [0.29, 0.717) is 0 Å². The van der Waals surface area contributed by atoms with Crippen molar-refractivity contribution in [2.24, 2.45) is 0 Å². The summed E-state index contributed by atoms with van der Waals surface area (Å²) in [4.78, 5) is 0. The zero-order valence-corrected chi connectivity index (χ0v) is 25.3. The number of hydrogen-bond donors (Lipinski definition) is 0. The minimum absolute atomic E-state index is 0.902. The molecule has 0 amide bonds. The Hall–Kier alpha value is -5.84. The van der Waals surface area contributed by atoms with Crippen LogP contribution < -0.4 is 0 Å². The van der Waals surface area contributed by atoms with Gasteiger partial charge in [-0.2, -0.15) is 0 Å². The molecule has 0 aliphatic heterocycles. The van der Waals surface area contributed by atoms with Crippen molar-refractivity contribution in [3.63, 3.8) is 0 Å². The van der Waals surface area contributed by atoms with Crippen LogP contribution in [0.2, 0.25) is 0 Å². The molecule has 0 saturated heterocycles. The smallest absolute Gasteiger partial charge is 0.146 e. The zero-order valence-electron chi connectivity index (χ0n) is 24.5. The fourth-order valence-electron chi connectivity index (χ4n) is 7.61. The standard InChI is InChI=1S/C42H23NO2S/c1-5-16-32-29(13-1)38-40(37-30-14-3-7-18-34(30)45-41(37)39-31-15-4-8-19-36(31)46-42(38)39)43(32)26-11-9-10-24(22-26)25-20-21-28-27-12-2-6-17-33(27)44-35(28)23-25/h1-23H. The highest BCUT2D eigenvalue weighted by Crippen LogP contribution is 2.50. The number of rotatable bonds is 2. The third-order valence-electron chi connectivity index (χ3n) is 9.57. The summed E-state index contributed by atoms with van der Waals surface area (Å²) >= 11 is 1.86. The maximum Gasteiger partial charge on any atom is 0.146 e. The molecule has 0 unspecified atom stereocenters. The molecule has 4 heterocycles. The van der Waals surface area contributed by atoms with Crippen molar-refractivity contribution < 1.29 is 8.83 Å². The van der Waals surface area contributed by atoms with Gasteiger partial charge in [-0.25, -0.2) is 0 Å². The molecule has 11 rings (SSSR count). The Kier molecular flexibility index (Phi) is 4.72. The number of furan rings is 2. The van der Waals surface area contributed by atoms with Crippen LogP contribution in [0.1, 0.15) is 0 Å². The van der Waals surface area contributed by atoms with Gasteiger partial charge >= 0.3 is 0 Å². The van der Waals surface area contributed by atoms with Gasteiger partial charge in [-0.3, -0.25) is 0 Å². The first kappa shape index (κ1) is 24.5. The molecular weight excluding hydrogens is 583 g/mol. The third kappa shape index (κ3) is 3.16. The normalized spacial score (nSPS) is 12.3. The topological polar surface area (TPSA) is 31.2 Å². The molecule has 0 spiro atoms. The first-order valence-electron chi connectivity index (χ1n) is 15.5. The van der Waals surface area contributed by atoms with Crippen LogP contribution in [0, 0.1) is 0 Å². The molecule has 0 aliphatic carbocycles. The summed E-state index contributed by atoms with van der Waals surface area (Å²) in [7, 11) is 0. The summed E-state index contributed by atoms with van der Waals surface area (Å²) < 4.78 is 18.0. The maximum absolute atomic E-state index is 6.77. The molecule has 4 aromatic heterocycles. The van der Waals surface area contributed by atoms with Crippen molar-refractivity contribution in [3.8, 4) is 16.8 Å². The lowest BCUT2D eigenvalue weighted by Crippen LogP contribution is -1.95. The first-order valence-corrected chi connectivity index (χ1v) is 16.3. The molecule has 0 aliphatic rings. The minimum Gasteiger partial charge on any atom is -0.456 e. The molecule has 0 radical (unpaired) electrons. The van der Waals surface area contributed by atoms with Gasteiger partial charge in [0.1, 0.15) is 22.3 Å². The quantitative estimate of drug-likeness (QED) is 0.196. The van der Waals surface area contributed by atoms with Crippen LogP contribution in [0.3, 0.4) is 0 Å². The molecular formula is C42H23NO2S. The number of aromatic nitrogens is 1. The lowest BCUT2D eigenvalue weighted by Gasteiger charge is -2.11. The average molecular weight is 606 g/mol. The van der Waals surface area contributed by atoms with Crippen LogP contribution in [-0.2, 0) is 0 Å². The summed E-state index contributed by atoms with van der Waals surface area (Å²) in [6, 6.07) is 49.7. The number of para-hydroxylation sites is 3. The van der Waals surface area contributed by atoms with Gasteiger partial charge in [-0.15, -0.1) is 11.3 Å². The lowest BCUT2D eigenvalue weighted by molar-refractivity contribution is 0.669. The second-order valence-corrected chi connectivity index (χ2v) is 13.1. The van der Waals surface area contributed by atoms with Gasteiger partial charge in [0, 0.05) is 52.8 Å². The van der Waals surface area contributed by atoms with E-state index in [0.717, 1.165) is 60.7 Å². The van der Waals surface area contributed by atoms with E-state index < -0.39 is 0 Å². The Morgan fingerprint density at radius 2 is 1.15 bits per heavy atom. The Labute approximate surface area is 266 Å². The summed E-state index contributed by atoms with van der Waals surface area (Å²) in [5.41, 5.74) is 9.42. The van der Waals surface area contributed by atoms with Crippen molar-refractivity contribution in [3.05, 3.63) is 140 Å². The van der Waals surface area contributed by atoms with Gasteiger partial charge in [-0.05, 0) is 59.7 Å².